The Morgan fingerprint density at radius 2 is 0.902 bits per heavy atom. The molecule has 286 valence electrons. The van der Waals surface area contributed by atoms with Crippen LogP contribution in [0.25, 0.3) is 88.4 Å². The minimum absolute atomic E-state index is 0.109. The molecule has 0 spiro atoms. The third-order valence-corrected chi connectivity index (χ3v) is 13.7. The van der Waals surface area contributed by atoms with Gasteiger partial charge in [0.25, 0.3) is 0 Å². The van der Waals surface area contributed by atoms with E-state index >= 15 is 0 Å². The van der Waals surface area contributed by atoms with Crippen molar-refractivity contribution in [3.05, 3.63) is 212 Å². The van der Waals surface area contributed by atoms with Crippen LogP contribution >= 0.6 is 0 Å². The molecule has 0 radical (unpaired) electrons. The van der Waals surface area contributed by atoms with E-state index in [1.54, 1.807) is 0 Å². The van der Waals surface area contributed by atoms with Crippen LogP contribution in [-0.2, 0) is 5.31 Å². The molecular weight excluding hydrogens is 737 g/mol. The average Bonchev–Trinajstić information content (AvgIpc) is 3.90. The van der Waals surface area contributed by atoms with Gasteiger partial charge in [-0.1, -0.05) is 141 Å². The second-order valence-corrected chi connectivity index (χ2v) is 17.4. The number of anilines is 2. The monoisotopic (exact) mass is 777 g/mol. The van der Waals surface area contributed by atoms with Crippen molar-refractivity contribution in [3.8, 4) is 44.8 Å². The molecule has 0 aliphatic carbocycles. The number of hydrogen-bond acceptors (Lipinski definition) is 1. The number of hydrogen-bond donors (Lipinski definition) is 0. The molecule has 2 aliphatic rings. The molecule has 0 unspecified atom stereocenters. The van der Waals surface area contributed by atoms with E-state index in [0.717, 1.165) is 11.4 Å². The fraction of sp³-hybridized carbons (Fsp3) is 0.0526. The lowest BCUT2D eigenvalue weighted by Crippen LogP contribution is -2.55. The van der Waals surface area contributed by atoms with E-state index in [2.05, 4.69) is 234 Å². The highest BCUT2D eigenvalue weighted by Gasteiger charge is 2.52. The van der Waals surface area contributed by atoms with Gasteiger partial charge in [0.05, 0.1) is 22.1 Å². The molecule has 0 N–H and O–H groups in total. The number of benzene rings is 9. The van der Waals surface area contributed by atoms with E-state index in [-0.39, 0.29) is 12.2 Å². The number of fused-ring (bicyclic) bond motifs is 14. The summed E-state index contributed by atoms with van der Waals surface area (Å²) in [6.45, 7) is 5.07. The highest BCUT2D eigenvalue weighted by molar-refractivity contribution is 6.84. The minimum atomic E-state index is -0.109. The lowest BCUT2D eigenvalue weighted by molar-refractivity contribution is 0.759. The fourth-order valence-electron chi connectivity index (χ4n) is 11.0. The van der Waals surface area contributed by atoms with Gasteiger partial charge in [-0.25, -0.2) is 0 Å². The maximum absolute atomic E-state index is 2.60. The SMILES string of the molecule is CC1(C)B2c3ccccc3-c3ccccc3N2c2ccc(-c3cccc(-c4ccc5c(c4)c4cc6c(cc4n5-c4ccccc4)c4ccccc4n6-c4ccccc4)c3)cc21. The first-order chi connectivity index (χ1) is 30.0. The topological polar surface area (TPSA) is 13.1 Å². The molecule has 61 heavy (non-hydrogen) atoms. The van der Waals surface area contributed by atoms with Gasteiger partial charge >= 0.3 is 6.85 Å². The average molecular weight is 778 g/mol. The Morgan fingerprint density at radius 3 is 1.64 bits per heavy atom. The zero-order valence-corrected chi connectivity index (χ0v) is 34.0. The quantitative estimate of drug-likeness (QED) is 0.162. The van der Waals surface area contributed by atoms with Crippen molar-refractivity contribution in [3.63, 3.8) is 0 Å². The summed E-state index contributed by atoms with van der Waals surface area (Å²) >= 11 is 0. The van der Waals surface area contributed by atoms with Crippen molar-refractivity contribution < 1.29 is 0 Å². The molecule has 0 fully saturated rings. The van der Waals surface area contributed by atoms with Crippen LogP contribution in [0.1, 0.15) is 19.4 Å². The van der Waals surface area contributed by atoms with Gasteiger partial charge < -0.3 is 13.9 Å². The van der Waals surface area contributed by atoms with Crippen LogP contribution in [-0.4, -0.2) is 16.0 Å². The van der Waals surface area contributed by atoms with E-state index in [9.17, 15) is 0 Å². The van der Waals surface area contributed by atoms with Crippen LogP contribution in [0.4, 0.5) is 11.4 Å². The Labute approximate surface area is 355 Å². The van der Waals surface area contributed by atoms with E-state index in [1.165, 1.54) is 99.4 Å². The molecule has 0 saturated heterocycles. The number of rotatable bonds is 4. The number of nitrogens with zero attached hydrogens (tertiary/aromatic N) is 3. The summed E-state index contributed by atoms with van der Waals surface area (Å²) in [6, 6.07) is 76.4. The Kier molecular flexibility index (Phi) is 7.16. The van der Waals surface area contributed by atoms with Gasteiger partial charge in [-0.2, -0.15) is 0 Å². The molecule has 2 aliphatic heterocycles. The minimum Gasteiger partial charge on any atom is -0.380 e. The van der Waals surface area contributed by atoms with Crippen LogP contribution < -0.4 is 10.3 Å². The summed E-state index contributed by atoms with van der Waals surface area (Å²) in [7, 11) is 0. The molecule has 2 aromatic heterocycles. The predicted molar refractivity (Wildman–Crippen MR) is 258 cm³/mol. The van der Waals surface area contributed by atoms with E-state index in [4.69, 9.17) is 0 Å². The zero-order chi connectivity index (χ0) is 40.4. The molecule has 9 aromatic carbocycles. The first-order valence-corrected chi connectivity index (χ1v) is 21.4. The van der Waals surface area contributed by atoms with Crippen LogP contribution in [0.5, 0.6) is 0 Å². The van der Waals surface area contributed by atoms with Gasteiger partial charge in [-0.05, 0) is 123 Å². The zero-order valence-electron chi connectivity index (χ0n) is 34.0. The van der Waals surface area contributed by atoms with Crippen molar-refractivity contribution in [2.24, 2.45) is 0 Å². The van der Waals surface area contributed by atoms with Crippen molar-refractivity contribution in [1.29, 1.82) is 0 Å². The Bertz CT molecular complexity index is 3580. The summed E-state index contributed by atoms with van der Waals surface area (Å²) in [4.78, 5) is 2.60. The largest absolute Gasteiger partial charge is 0.380 e. The Balaban J connectivity index is 0.970. The lowest BCUT2D eigenvalue weighted by atomic mass is 9.37. The number of para-hydroxylation sites is 4. The van der Waals surface area contributed by atoms with E-state index < -0.39 is 0 Å². The smallest absolute Gasteiger partial charge is 0.304 e. The van der Waals surface area contributed by atoms with Gasteiger partial charge in [0.15, 0.2) is 0 Å². The second-order valence-electron chi connectivity index (χ2n) is 17.4. The standard InChI is InChI=1S/C57H40BN3/c1-57(2)49-34-40(29-31-54(49)61-53-27-14-11-23-44(53)43-22-9-12-25-50(43)58(57)61)38-17-15-16-37(32-38)39-28-30-52-46(33-39)48-36-55-47(35-56(48)60(52)42-20-7-4-8-21-42)45-24-10-13-26-51(45)59(55)41-18-5-3-6-19-41/h3-36H,1-2H3. The lowest BCUT2D eigenvalue weighted by Gasteiger charge is -2.38. The molecule has 0 saturated carbocycles. The molecule has 0 amide bonds. The maximum atomic E-state index is 2.60. The number of aromatic nitrogens is 2. The molecule has 11 aromatic rings. The third-order valence-electron chi connectivity index (χ3n) is 13.7. The van der Waals surface area contributed by atoms with Crippen LogP contribution in [0.3, 0.4) is 0 Å². The summed E-state index contributed by atoms with van der Waals surface area (Å²) in [5.41, 5.74) is 20.1. The van der Waals surface area contributed by atoms with E-state index in [1.807, 2.05) is 0 Å². The van der Waals surface area contributed by atoms with E-state index in [0.29, 0.717) is 0 Å². The van der Waals surface area contributed by atoms with Crippen LogP contribution in [0, 0.1) is 0 Å². The normalized spacial score (nSPS) is 13.8. The fourth-order valence-corrected chi connectivity index (χ4v) is 11.0. The molecule has 0 bridgehead atoms. The molecule has 4 heterocycles. The highest BCUT2D eigenvalue weighted by atomic mass is 15.1. The van der Waals surface area contributed by atoms with Gasteiger partial charge in [0.1, 0.15) is 0 Å². The van der Waals surface area contributed by atoms with Gasteiger partial charge in [-0.3, -0.25) is 0 Å². The summed E-state index contributed by atoms with van der Waals surface area (Å²) < 4.78 is 4.86. The first-order valence-electron chi connectivity index (χ1n) is 21.4. The van der Waals surface area contributed by atoms with Crippen molar-refractivity contribution in [2.75, 3.05) is 4.81 Å². The van der Waals surface area contributed by atoms with Crippen LogP contribution in [0.2, 0.25) is 0 Å². The Hall–Kier alpha value is -7.56. The maximum Gasteiger partial charge on any atom is 0.304 e. The van der Waals surface area contributed by atoms with Crippen molar-refractivity contribution in [1.82, 2.24) is 9.13 Å². The highest BCUT2D eigenvalue weighted by Crippen LogP contribution is 2.52. The summed E-state index contributed by atoms with van der Waals surface area (Å²) in [5, 5.41) is 4.88. The second kappa shape index (κ2) is 12.7. The van der Waals surface area contributed by atoms with Crippen molar-refractivity contribution >= 4 is 67.3 Å². The van der Waals surface area contributed by atoms with Crippen LogP contribution in [0.15, 0.2) is 206 Å². The molecule has 3 nitrogen and oxygen atoms in total. The van der Waals surface area contributed by atoms with Gasteiger partial charge in [0, 0.05) is 49.9 Å². The molecule has 4 heteroatoms. The van der Waals surface area contributed by atoms with Crippen molar-refractivity contribution in [2.45, 2.75) is 19.2 Å². The third kappa shape index (κ3) is 4.88. The molecular formula is C57H40BN3. The first kappa shape index (κ1) is 34.3. The predicted octanol–water partition coefficient (Wildman–Crippen LogP) is 14.1. The summed E-state index contributed by atoms with van der Waals surface area (Å²) in [5.74, 6) is 0. The van der Waals surface area contributed by atoms with Gasteiger partial charge in [0.2, 0.25) is 0 Å². The summed E-state index contributed by atoms with van der Waals surface area (Å²) in [6.07, 6.45) is 0. The Morgan fingerprint density at radius 1 is 0.361 bits per heavy atom. The van der Waals surface area contributed by atoms with Gasteiger partial charge in [-0.15, -0.1) is 0 Å². The molecule has 0 atom stereocenters. The molecule has 13 rings (SSSR count).